The zero-order valence-electron chi connectivity index (χ0n) is 13.4. The summed E-state index contributed by atoms with van der Waals surface area (Å²) in [5.41, 5.74) is 5.25. The summed E-state index contributed by atoms with van der Waals surface area (Å²) >= 11 is 0. The summed E-state index contributed by atoms with van der Waals surface area (Å²) in [5.74, 6) is -2.19. The maximum absolute atomic E-state index is 12.7. The van der Waals surface area contributed by atoms with Crippen molar-refractivity contribution in [2.24, 2.45) is 11.7 Å². The van der Waals surface area contributed by atoms with Crippen molar-refractivity contribution in [1.29, 1.82) is 0 Å². The topological polar surface area (TPSA) is 133 Å². The van der Waals surface area contributed by atoms with Gasteiger partial charge in [-0.15, -0.1) is 0 Å². The van der Waals surface area contributed by atoms with E-state index < -0.39 is 24.0 Å². The normalized spacial score (nSPS) is 18.9. The number of urea groups is 1. The Kier molecular flexibility index (Phi) is 6.80. The third kappa shape index (κ3) is 5.42. The SMILES string of the molecule is CC(=O)NCCN(C(=O)C1CCCN(C(N)=O)C1)C(C)C(=O)O. The fourth-order valence-electron chi connectivity index (χ4n) is 2.59. The number of carboxylic acids is 1. The first kappa shape index (κ1) is 18.7. The number of nitrogens with two attached hydrogens (primary N) is 1. The molecule has 9 heteroatoms. The summed E-state index contributed by atoms with van der Waals surface area (Å²) in [5, 5.41) is 11.7. The van der Waals surface area contributed by atoms with E-state index in [4.69, 9.17) is 5.73 Å². The number of carboxylic acid groups (broad SMARTS) is 1. The molecule has 0 spiro atoms. The number of carbonyl (C=O) groups excluding carboxylic acids is 3. The van der Waals surface area contributed by atoms with Crippen LogP contribution in [-0.4, -0.2) is 70.9 Å². The van der Waals surface area contributed by atoms with Crippen LogP contribution in [0.2, 0.25) is 0 Å². The van der Waals surface area contributed by atoms with Crippen molar-refractivity contribution < 1.29 is 24.3 Å². The van der Waals surface area contributed by atoms with Gasteiger partial charge in [-0.2, -0.15) is 0 Å². The van der Waals surface area contributed by atoms with Crippen LogP contribution in [0.1, 0.15) is 26.7 Å². The third-order valence-electron chi connectivity index (χ3n) is 3.92. The summed E-state index contributed by atoms with van der Waals surface area (Å²) in [4.78, 5) is 48.7. The molecule has 2 atom stereocenters. The fraction of sp³-hybridized carbons (Fsp3) is 0.714. The van der Waals surface area contributed by atoms with Gasteiger partial charge in [-0.1, -0.05) is 0 Å². The molecule has 0 saturated carbocycles. The summed E-state index contributed by atoms with van der Waals surface area (Å²) in [7, 11) is 0. The number of carbonyl (C=O) groups is 4. The average molecular weight is 328 g/mol. The lowest BCUT2D eigenvalue weighted by Crippen LogP contribution is -2.53. The van der Waals surface area contributed by atoms with Gasteiger partial charge in [0.2, 0.25) is 11.8 Å². The van der Waals surface area contributed by atoms with Crippen molar-refractivity contribution >= 4 is 23.8 Å². The highest BCUT2D eigenvalue weighted by molar-refractivity contribution is 5.85. The molecule has 1 fully saturated rings. The molecule has 1 heterocycles. The lowest BCUT2D eigenvalue weighted by molar-refractivity contribution is -0.152. The second kappa shape index (κ2) is 8.35. The molecule has 0 aromatic rings. The standard InChI is InChI=1S/C14H24N4O5/c1-9(13(21)22)18(7-5-16-10(2)19)12(20)11-4-3-6-17(8-11)14(15)23/h9,11H,3-8H2,1-2H3,(H2,15,23)(H,16,19)(H,21,22). The molecule has 1 saturated heterocycles. The molecule has 0 aromatic carbocycles. The van der Waals surface area contributed by atoms with Gasteiger partial charge in [-0.25, -0.2) is 9.59 Å². The number of aliphatic carboxylic acids is 1. The van der Waals surface area contributed by atoms with Gasteiger partial charge in [0.15, 0.2) is 0 Å². The van der Waals surface area contributed by atoms with Crippen molar-refractivity contribution in [3.8, 4) is 0 Å². The molecule has 130 valence electrons. The van der Waals surface area contributed by atoms with Gasteiger partial charge in [-0.3, -0.25) is 9.59 Å². The van der Waals surface area contributed by atoms with Crippen LogP contribution in [0, 0.1) is 5.92 Å². The minimum absolute atomic E-state index is 0.0962. The maximum Gasteiger partial charge on any atom is 0.326 e. The number of amides is 4. The smallest absolute Gasteiger partial charge is 0.326 e. The molecule has 1 aliphatic rings. The quantitative estimate of drug-likeness (QED) is 0.588. The predicted molar refractivity (Wildman–Crippen MR) is 81.4 cm³/mol. The zero-order chi connectivity index (χ0) is 17.6. The van der Waals surface area contributed by atoms with Gasteiger partial charge >= 0.3 is 12.0 Å². The van der Waals surface area contributed by atoms with E-state index in [1.165, 1.54) is 23.6 Å². The van der Waals surface area contributed by atoms with Gasteiger partial charge in [-0.05, 0) is 19.8 Å². The molecule has 0 bridgehead atoms. The second-order valence-corrected chi connectivity index (χ2v) is 5.65. The molecule has 1 rings (SSSR count). The van der Waals surface area contributed by atoms with E-state index in [2.05, 4.69) is 5.32 Å². The van der Waals surface area contributed by atoms with Crippen LogP contribution in [0.25, 0.3) is 0 Å². The van der Waals surface area contributed by atoms with Crippen LogP contribution >= 0.6 is 0 Å². The van der Waals surface area contributed by atoms with E-state index in [0.717, 1.165) is 0 Å². The monoisotopic (exact) mass is 328 g/mol. The summed E-state index contributed by atoms with van der Waals surface area (Å²) in [6, 6.07) is -1.60. The molecule has 0 aromatic heterocycles. The Hall–Kier alpha value is -2.32. The van der Waals surface area contributed by atoms with Crippen LogP contribution in [0.3, 0.4) is 0 Å². The van der Waals surface area contributed by atoms with E-state index in [0.29, 0.717) is 19.4 Å². The molecule has 0 radical (unpaired) electrons. The summed E-state index contributed by atoms with van der Waals surface area (Å²) in [6.07, 6.45) is 1.21. The lowest BCUT2D eigenvalue weighted by atomic mass is 9.96. The number of rotatable bonds is 6. The molecule has 9 nitrogen and oxygen atoms in total. The highest BCUT2D eigenvalue weighted by atomic mass is 16.4. The summed E-state index contributed by atoms with van der Waals surface area (Å²) < 4.78 is 0. The Morgan fingerprint density at radius 3 is 2.57 bits per heavy atom. The molecule has 4 amide bonds. The molecule has 23 heavy (non-hydrogen) atoms. The molecule has 2 unspecified atom stereocenters. The largest absolute Gasteiger partial charge is 0.480 e. The number of likely N-dealkylation sites (tertiary alicyclic amines) is 1. The minimum Gasteiger partial charge on any atom is -0.480 e. The van der Waals surface area contributed by atoms with Gasteiger partial charge < -0.3 is 26.0 Å². The first-order valence-corrected chi connectivity index (χ1v) is 7.56. The minimum atomic E-state index is -1.12. The van der Waals surface area contributed by atoms with Crippen molar-refractivity contribution in [3.63, 3.8) is 0 Å². The highest BCUT2D eigenvalue weighted by Crippen LogP contribution is 2.20. The second-order valence-electron chi connectivity index (χ2n) is 5.65. The van der Waals surface area contributed by atoms with Crippen LogP contribution in [0.4, 0.5) is 4.79 Å². The Morgan fingerprint density at radius 2 is 2.04 bits per heavy atom. The number of nitrogens with one attached hydrogen (secondary N) is 1. The zero-order valence-corrected chi connectivity index (χ0v) is 13.4. The third-order valence-corrected chi connectivity index (χ3v) is 3.92. The average Bonchev–Trinajstić information content (AvgIpc) is 2.50. The first-order valence-electron chi connectivity index (χ1n) is 7.56. The van der Waals surface area contributed by atoms with Crippen molar-refractivity contribution in [1.82, 2.24) is 15.1 Å². The first-order chi connectivity index (χ1) is 10.7. The van der Waals surface area contributed by atoms with Crippen LogP contribution in [0.15, 0.2) is 0 Å². The van der Waals surface area contributed by atoms with E-state index in [1.54, 1.807) is 0 Å². The van der Waals surface area contributed by atoms with Crippen molar-refractivity contribution in [2.75, 3.05) is 26.2 Å². The number of hydrogen-bond donors (Lipinski definition) is 3. The molecular formula is C14H24N4O5. The Morgan fingerprint density at radius 1 is 1.39 bits per heavy atom. The van der Waals surface area contributed by atoms with E-state index in [9.17, 15) is 24.3 Å². The predicted octanol–water partition coefficient (Wildman–Crippen LogP) is -0.785. The van der Waals surface area contributed by atoms with Crippen molar-refractivity contribution in [2.45, 2.75) is 32.7 Å². The number of nitrogens with zero attached hydrogens (tertiary/aromatic N) is 2. The Bertz CT molecular complexity index is 482. The highest BCUT2D eigenvalue weighted by Gasteiger charge is 2.34. The van der Waals surface area contributed by atoms with E-state index in [-0.39, 0.29) is 31.4 Å². The Labute approximate surface area is 134 Å². The number of primary amides is 1. The van der Waals surface area contributed by atoms with Crippen LogP contribution < -0.4 is 11.1 Å². The van der Waals surface area contributed by atoms with Crippen LogP contribution in [-0.2, 0) is 14.4 Å². The van der Waals surface area contributed by atoms with Gasteiger partial charge in [0.05, 0.1) is 5.92 Å². The van der Waals surface area contributed by atoms with Gasteiger partial charge in [0.25, 0.3) is 0 Å². The van der Waals surface area contributed by atoms with Gasteiger partial charge in [0.1, 0.15) is 6.04 Å². The summed E-state index contributed by atoms with van der Waals surface area (Å²) in [6.45, 7) is 3.72. The van der Waals surface area contributed by atoms with Gasteiger partial charge in [0, 0.05) is 33.1 Å². The van der Waals surface area contributed by atoms with Crippen LogP contribution in [0.5, 0.6) is 0 Å². The fourth-order valence-corrected chi connectivity index (χ4v) is 2.59. The van der Waals surface area contributed by atoms with E-state index >= 15 is 0 Å². The Balaban J connectivity index is 2.78. The lowest BCUT2D eigenvalue weighted by Gasteiger charge is -2.35. The molecule has 4 N–H and O–H groups in total. The van der Waals surface area contributed by atoms with Crippen molar-refractivity contribution in [3.05, 3.63) is 0 Å². The molecular weight excluding hydrogens is 304 g/mol. The van der Waals surface area contributed by atoms with E-state index in [1.807, 2.05) is 0 Å². The molecule has 0 aliphatic carbocycles. The molecule has 1 aliphatic heterocycles. The number of hydrogen-bond acceptors (Lipinski definition) is 4. The number of piperidine rings is 1. The maximum atomic E-state index is 12.7.